The molecule has 282 valence electrons. The first-order valence-corrected chi connectivity index (χ1v) is 17.3. The van der Waals surface area contributed by atoms with Crippen molar-refractivity contribution in [3.05, 3.63) is 101 Å². The molecule has 3 atom stereocenters. The lowest BCUT2D eigenvalue weighted by Crippen LogP contribution is -2.47. The summed E-state index contributed by atoms with van der Waals surface area (Å²) in [6.45, 7) is 2.97. The highest BCUT2D eigenvalue weighted by Gasteiger charge is 2.47. The summed E-state index contributed by atoms with van der Waals surface area (Å²) in [7, 11) is 0. The molecule has 3 aromatic rings. The van der Waals surface area contributed by atoms with Gasteiger partial charge in [-0.3, -0.25) is 9.59 Å². The number of carbonyl (C=O) groups is 3. The number of hydrogen-bond acceptors (Lipinski definition) is 12. The maximum absolute atomic E-state index is 15.6. The third-order valence-corrected chi connectivity index (χ3v) is 9.27. The van der Waals surface area contributed by atoms with E-state index < -0.39 is 59.0 Å². The van der Waals surface area contributed by atoms with E-state index in [4.69, 9.17) is 34.1 Å². The van der Waals surface area contributed by atoms with Gasteiger partial charge in [0.1, 0.15) is 30.1 Å². The van der Waals surface area contributed by atoms with Crippen LogP contribution < -0.4 is 0 Å². The molecule has 53 heavy (non-hydrogen) atoms. The van der Waals surface area contributed by atoms with Gasteiger partial charge in [0.2, 0.25) is 6.29 Å². The minimum atomic E-state index is -1.91. The van der Waals surface area contributed by atoms with E-state index >= 15 is 4.39 Å². The summed E-state index contributed by atoms with van der Waals surface area (Å²) >= 11 is 1.24. The van der Waals surface area contributed by atoms with Crippen LogP contribution in [0.1, 0.15) is 56.2 Å². The van der Waals surface area contributed by atoms with E-state index in [2.05, 4.69) is 10.1 Å². The van der Waals surface area contributed by atoms with Gasteiger partial charge in [0.15, 0.2) is 11.9 Å². The Labute approximate surface area is 307 Å². The Morgan fingerprint density at radius 3 is 2.49 bits per heavy atom. The highest BCUT2D eigenvalue weighted by molar-refractivity contribution is 8.00. The number of carboxylic acids is 1. The van der Waals surface area contributed by atoms with E-state index in [0.29, 0.717) is 11.6 Å². The summed E-state index contributed by atoms with van der Waals surface area (Å²) in [5, 5.41) is 20.6. The molecule has 0 amide bonds. The number of allylic oxidation sites excluding steroid dienone is 2. The lowest BCUT2D eigenvalue weighted by molar-refractivity contribution is -0.172. The van der Waals surface area contributed by atoms with E-state index in [0.717, 1.165) is 18.2 Å². The number of benzene rings is 2. The van der Waals surface area contributed by atoms with Crippen molar-refractivity contribution >= 4 is 35.9 Å². The van der Waals surface area contributed by atoms with Gasteiger partial charge < -0.3 is 28.8 Å². The largest absolute Gasteiger partial charge is 0.512 e. The van der Waals surface area contributed by atoms with Crippen molar-refractivity contribution in [2.75, 3.05) is 13.2 Å². The Morgan fingerprint density at radius 1 is 1.08 bits per heavy atom. The molecule has 1 unspecified atom stereocenters. The van der Waals surface area contributed by atoms with Gasteiger partial charge in [0.05, 0.1) is 36.6 Å². The van der Waals surface area contributed by atoms with E-state index in [9.17, 15) is 23.2 Å². The normalized spacial score (nSPS) is 18.2. The number of aromatic nitrogens is 3. The highest BCUT2D eigenvalue weighted by atomic mass is 32.2. The van der Waals surface area contributed by atoms with Crippen LogP contribution in [-0.4, -0.2) is 74.3 Å². The smallest absolute Gasteiger partial charge is 0.481 e. The first-order valence-electron chi connectivity index (χ1n) is 16.4. The zero-order chi connectivity index (χ0) is 38.4. The molecule has 1 aliphatic rings. The van der Waals surface area contributed by atoms with Crippen LogP contribution in [0, 0.1) is 28.8 Å². The van der Waals surface area contributed by atoms with Crippen LogP contribution in [-0.2, 0) is 45.4 Å². The number of unbranched alkanes of at least 4 members (excludes halogenated alkanes) is 1. The van der Waals surface area contributed by atoms with E-state index in [1.807, 2.05) is 6.07 Å². The molecule has 1 fully saturated rings. The minimum Gasteiger partial charge on any atom is -0.481 e. The molecule has 13 nitrogen and oxygen atoms in total. The Hall–Kier alpha value is -5.18. The second-order valence-electron chi connectivity index (χ2n) is 11.8. The van der Waals surface area contributed by atoms with Gasteiger partial charge in [-0.05, 0) is 50.1 Å². The van der Waals surface area contributed by atoms with Gasteiger partial charge in [-0.2, -0.15) is 10.4 Å². The van der Waals surface area contributed by atoms with Crippen LogP contribution in [0.25, 0.3) is 6.08 Å². The molecule has 2 heterocycles. The molecule has 2 aromatic carbocycles. The number of carbonyl (C=O) groups excluding carboxylic acids is 2. The fraction of sp³-hybridized carbons (Fsp3) is 0.389. The van der Waals surface area contributed by atoms with E-state index in [1.54, 1.807) is 25.2 Å². The molecular formula is C36H37F3N4O9S. The Bertz CT molecular complexity index is 1810. The summed E-state index contributed by atoms with van der Waals surface area (Å²) in [4.78, 5) is 40.2. The van der Waals surface area contributed by atoms with Crippen LogP contribution in [0.2, 0.25) is 0 Å². The van der Waals surface area contributed by atoms with Crippen molar-refractivity contribution in [2.24, 2.45) is 0 Å². The first kappa shape index (κ1) is 40.6. The number of rotatable bonds is 17. The molecule has 1 N–H and O–H groups in total. The molecule has 4 rings (SSSR count). The van der Waals surface area contributed by atoms with E-state index in [-0.39, 0.29) is 61.8 Å². The van der Waals surface area contributed by atoms with Crippen molar-refractivity contribution in [1.82, 2.24) is 14.8 Å². The molecule has 0 aliphatic carbocycles. The molecule has 1 saturated heterocycles. The number of carboxylic acid groups (broad SMARTS) is 1. The van der Waals surface area contributed by atoms with Crippen LogP contribution in [0.5, 0.6) is 0 Å². The summed E-state index contributed by atoms with van der Waals surface area (Å²) in [6, 6.07) is 8.84. The standard InChI is InChI=1S/C36H37F3N4O9S/c1-23(53-28-18-48-34(49-19-28)10-6-3-7-26-12-11-25(17-40)15-30(26)38)36(20-43-22-41-21-42-43,29-14-13-27(37)16-31(29)39)52-35(47)51-24(2)50-33(46)9-5-4-8-32(44)45/h3,6-7,10-16,21-24,28,34H,4-5,8-9,18-20H2,1-2H3,(H,44,45)/b7-3+,10-6+/t23-,24?,28?,34?,36-/m1/s1. The molecule has 0 saturated carbocycles. The Kier molecular flexibility index (Phi) is 15.0. The molecular weight excluding hydrogens is 721 g/mol. The number of thioether (sulfide) groups is 1. The number of halogens is 3. The van der Waals surface area contributed by atoms with Crippen molar-refractivity contribution < 1.29 is 56.3 Å². The Balaban J connectivity index is 1.46. The fourth-order valence-corrected chi connectivity index (χ4v) is 6.61. The van der Waals surface area contributed by atoms with Crippen LogP contribution in [0.15, 0.2) is 67.3 Å². The second-order valence-corrected chi connectivity index (χ2v) is 13.4. The van der Waals surface area contributed by atoms with Crippen molar-refractivity contribution in [3.63, 3.8) is 0 Å². The number of nitriles is 1. The zero-order valence-corrected chi connectivity index (χ0v) is 29.5. The number of ether oxygens (including phenoxy) is 5. The maximum atomic E-state index is 15.6. The van der Waals surface area contributed by atoms with Gasteiger partial charge in [0, 0.05) is 42.2 Å². The molecule has 0 radical (unpaired) electrons. The highest BCUT2D eigenvalue weighted by Crippen LogP contribution is 2.42. The second kappa shape index (κ2) is 19.6. The maximum Gasteiger partial charge on any atom is 0.512 e. The van der Waals surface area contributed by atoms with Crippen molar-refractivity contribution in [3.8, 4) is 6.07 Å². The molecule has 17 heteroatoms. The summed E-state index contributed by atoms with van der Waals surface area (Å²) < 4.78 is 73.2. The van der Waals surface area contributed by atoms with Gasteiger partial charge in [-0.1, -0.05) is 24.3 Å². The molecule has 0 spiro atoms. The number of esters is 1. The van der Waals surface area contributed by atoms with E-state index in [1.165, 1.54) is 54.2 Å². The third kappa shape index (κ3) is 12.2. The SMILES string of the molecule is CC(OC(=O)CCCCC(=O)O)OC(=O)O[C@@](Cn1cncn1)(c1ccc(F)cc1F)[C@@H](C)SC1COC(/C=C/C=C/c2ccc(C#N)cc2F)OC1. The quantitative estimate of drug-likeness (QED) is 0.0706. The minimum absolute atomic E-state index is 0.113. The number of nitrogens with zero attached hydrogens (tertiary/aromatic N) is 4. The molecule has 0 bridgehead atoms. The summed E-state index contributed by atoms with van der Waals surface area (Å²) in [5.74, 6) is -4.15. The average molecular weight is 759 g/mol. The topological polar surface area (TPSA) is 172 Å². The fourth-order valence-electron chi connectivity index (χ4n) is 5.25. The lowest BCUT2D eigenvalue weighted by Gasteiger charge is -2.40. The molecule has 1 aliphatic heterocycles. The van der Waals surface area contributed by atoms with Gasteiger partial charge in [-0.25, -0.2) is 27.6 Å². The predicted octanol–water partition coefficient (Wildman–Crippen LogP) is 6.28. The predicted molar refractivity (Wildman–Crippen MR) is 183 cm³/mol. The summed E-state index contributed by atoms with van der Waals surface area (Å²) in [5.41, 5.74) is -1.60. The van der Waals surface area contributed by atoms with Crippen LogP contribution in [0.4, 0.5) is 18.0 Å². The van der Waals surface area contributed by atoms with Gasteiger partial charge >= 0.3 is 18.1 Å². The first-order chi connectivity index (χ1) is 25.4. The molecule has 1 aromatic heterocycles. The van der Waals surface area contributed by atoms with Crippen molar-refractivity contribution in [2.45, 2.75) is 74.8 Å². The lowest BCUT2D eigenvalue weighted by atomic mass is 9.89. The number of aliphatic carboxylic acids is 1. The Morgan fingerprint density at radius 2 is 1.83 bits per heavy atom. The van der Waals surface area contributed by atoms with Crippen LogP contribution >= 0.6 is 11.8 Å². The third-order valence-electron chi connectivity index (χ3n) is 7.83. The van der Waals surface area contributed by atoms with Gasteiger partial charge in [0.25, 0.3) is 0 Å². The monoisotopic (exact) mass is 758 g/mol. The zero-order valence-electron chi connectivity index (χ0n) is 28.7. The van der Waals surface area contributed by atoms with Crippen LogP contribution in [0.3, 0.4) is 0 Å². The summed E-state index contributed by atoms with van der Waals surface area (Å²) in [6.07, 6.45) is 5.68. The van der Waals surface area contributed by atoms with Crippen molar-refractivity contribution in [1.29, 1.82) is 5.26 Å². The average Bonchev–Trinajstić information content (AvgIpc) is 3.62. The van der Waals surface area contributed by atoms with Gasteiger partial charge in [-0.15, -0.1) is 11.8 Å². The number of hydrogen-bond donors (Lipinski definition) is 1.